The van der Waals surface area contributed by atoms with E-state index in [1.807, 2.05) is 10.6 Å². The summed E-state index contributed by atoms with van der Waals surface area (Å²) in [6.45, 7) is 4.83. The number of alkyl carbamates (subject to hydrolysis) is 2. The molecule has 4 fully saturated rings. The minimum Gasteiger partial charge on any atom is -0.453 e. The fraction of sp³-hybridized carbons (Fsp3) is 0.537. The van der Waals surface area contributed by atoms with Crippen LogP contribution in [0.4, 0.5) is 41.9 Å². The number of methoxy groups -OCH3 is 2. The van der Waals surface area contributed by atoms with Crippen molar-refractivity contribution < 1.29 is 64.8 Å². The molecule has 1 saturated carbocycles. The van der Waals surface area contributed by atoms with Gasteiger partial charge >= 0.3 is 24.5 Å². The highest BCUT2D eigenvalue weighted by atomic mass is 19.4. The summed E-state index contributed by atoms with van der Waals surface area (Å²) in [5.74, 6) is 3.91. The zero-order valence-electron chi connectivity index (χ0n) is 44.6. The number of aromatic nitrogens is 2. The average molecular weight is 1110 g/mol. The maximum absolute atomic E-state index is 14.6. The van der Waals surface area contributed by atoms with Crippen LogP contribution in [0.1, 0.15) is 81.2 Å². The molecule has 7 rings (SSSR count). The molecule has 19 nitrogen and oxygen atoms in total. The number of ether oxygens (including phenoxy) is 3. The Kier molecular flexibility index (Phi) is 18.9. The highest BCUT2D eigenvalue weighted by Crippen LogP contribution is 2.42. The lowest BCUT2D eigenvalue weighted by Gasteiger charge is -2.47. The van der Waals surface area contributed by atoms with E-state index in [9.17, 15) is 50.6 Å². The van der Waals surface area contributed by atoms with Gasteiger partial charge in [-0.15, -0.1) is 0 Å². The summed E-state index contributed by atoms with van der Waals surface area (Å²) >= 11 is 0. The highest BCUT2D eigenvalue weighted by molar-refractivity contribution is 6.06. The number of nitrogens with zero attached hydrogens (tertiary/aromatic N) is 5. The summed E-state index contributed by atoms with van der Waals surface area (Å²) in [7, 11) is 1.78. The van der Waals surface area contributed by atoms with Gasteiger partial charge in [0.15, 0.2) is 0 Å². The van der Waals surface area contributed by atoms with Crippen LogP contribution in [0, 0.1) is 28.1 Å². The first-order chi connectivity index (χ1) is 37.3. The summed E-state index contributed by atoms with van der Waals surface area (Å²) in [6.07, 6.45) is -4.26. The van der Waals surface area contributed by atoms with Gasteiger partial charge in [-0.25, -0.2) is 24.6 Å². The zero-order chi connectivity index (χ0) is 57.5. The number of aliphatic hydroxyl groups is 1. The van der Waals surface area contributed by atoms with Crippen molar-refractivity contribution in [3.63, 3.8) is 0 Å². The van der Waals surface area contributed by atoms with Gasteiger partial charge in [-0.2, -0.15) is 26.3 Å². The Morgan fingerprint density at radius 2 is 1.30 bits per heavy atom. The lowest BCUT2D eigenvalue weighted by molar-refractivity contribution is -0.221. The highest BCUT2D eigenvalue weighted by Gasteiger charge is 2.57. The predicted molar refractivity (Wildman–Crippen MR) is 277 cm³/mol. The summed E-state index contributed by atoms with van der Waals surface area (Å²) in [6, 6.07) is 8.19. The predicted octanol–water partition coefficient (Wildman–Crippen LogP) is 5.11. The Morgan fingerprint density at radius 1 is 0.772 bits per heavy atom. The average Bonchev–Trinajstić information content (AvgIpc) is 4.25. The second-order valence-electron chi connectivity index (χ2n) is 21.4. The fourth-order valence-corrected chi connectivity index (χ4v) is 9.49. The van der Waals surface area contributed by atoms with Crippen molar-refractivity contribution in [2.45, 2.75) is 127 Å². The van der Waals surface area contributed by atoms with Gasteiger partial charge in [0.1, 0.15) is 12.1 Å². The molecular formula is C54H67F6N11O8. The van der Waals surface area contributed by atoms with Crippen LogP contribution >= 0.6 is 0 Å². The molecule has 2 unspecified atom stereocenters. The number of piperazine rings is 1. The van der Waals surface area contributed by atoms with Gasteiger partial charge in [0.2, 0.25) is 11.9 Å². The third kappa shape index (κ3) is 15.0. The number of hydrogen-bond acceptors (Lipinski definition) is 15. The minimum atomic E-state index is -5.08. The number of alkyl halides is 6. The van der Waals surface area contributed by atoms with E-state index in [-0.39, 0.29) is 18.7 Å². The second kappa shape index (κ2) is 25.0. The quantitative estimate of drug-likeness (QED) is 0.0318. The van der Waals surface area contributed by atoms with E-state index in [2.05, 4.69) is 57.1 Å². The molecule has 2 aromatic carbocycles. The van der Waals surface area contributed by atoms with E-state index < -0.39 is 78.0 Å². The van der Waals surface area contributed by atoms with Gasteiger partial charge in [0.25, 0.3) is 5.91 Å². The molecule has 7 N–H and O–H groups in total. The number of aliphatic hydroxyl groups excluding tert-OH is 1. The molecular weight excluding hydrogens is 1040 g/mol. The largest absolute Gasteiger partial charge is 0.453 e. The molecule has 3 saturated heterocycles. The number of anilines is 1. The molecule has 0 radical (unpaired) electrons. The van der Waals surface area contributed by atoms with E-state index in [0.717, 1.165) is 71.2 Å². The summed E-state index contributed by atoms with van der Waals surface area (Å²) in [5.41, 5.74) is -0.982. The molecule has 25 heteroatoms. The third-order valence-corrected chi connectivity index (χ3v) is 14.9. The van der Waals surface area contributed by atoms with E-state index in [1.165, 1.54) is 0 Å². The Hall–Kier alpha value is -7.01. The van der Waals surface area contributed by atoms with E-state index in [0.29, 0.717) is 85.6 Å². The third-order valence-electron chi connectivity index (χ3n) is 14.9. The molecule has 79 heavy (non-hydrogen) atoms. The maximum atomic E-state index is 14.6. The van der Waals surface area contributed by atoms with E-state index in [1.54, 1.807) is 73.2 Å². The number of carbonyl (C=O) groups excluding carboxylic acids is 4. The van der Waals surface area contributed by atoms with Gasteiger partial charge in [0, 0.05) is 62.3 Å². The van der Waals surface area contributed by atoms with Gasteiger partial charge in [0.05, 0.1) is 67.7 Å². The number of rotatable bonds is 21. The Morgan fingerprint density at radius 3 is 1.81 bits per heavy atom. The van der Waals surface area contributed by atoms with Gasteiger partial charge < -0.3 is 50.9 Å². The molecule has 3 aliphatic heterocycles. The number of carbonyl (C=O) groups is 4. The van der Waals surface area contributed by atoms with Crippen LogP contribution in [0.15, 0.2) is 73.2 Å². The lowest BCUT2D eigenvalue weighted by Crippen LogP contribution is -2.63. The van der Waals surface area contributed by atoms with Crippen LogP contribution in [0.25, 0.3) is 0 Å². The topological polar surface area (TPSA) is 236 Å². The van der Waals surface area contributed by atoms with Gasteiger partial charge in [-0.05, 0) is 101 Å². The number of benzene rings is 2. The number of amides is 4. The zero-order valence-corrected chi connectivity index (χ0v) is 44.6. The van der Waals surface area contributed by atoms with Crippen molar-refractivity contribution in [1.82, 2.24) is 46.6 Å². The van der Waals surface area contributed by atoms with E-state index >= 15 is 0 Å². The fourth-order valence-electron chi connectivity index (χ4n) is 9.49. The number of hydrazine groups is 1. The van der Waals surface area contributed by atoms with Crippen molar-refractivity contribution in [3.8, 4) is 11.8 Å². The van der Waals surface area contributed by atoms with Crippen LogP contribution in [0.2, 0.25) is 0 Å². The Balaban J connectivity index is 1.14. The van der Waals surface area contributed by atoms with Crippen LogP contribution in [-0.4, -0.2) is 163 Å². The Bertz CT molecular complexity index is 2710. The maximum Gasteiger partial charge on any atom is 0.407 e. The normalized spacial score (nSPS) is 19.5. The molecule has 2 bridgehead atoms. The SMILES string of the molecule is COC(=O)N[C@H](C(=O)N[C@@H](Cc1ccc(C#Cc2cnc(N3CC4CCC(C3)N4C3COC3)nc2)cc1)[C@@H](O)CN(Cc1ccc(C(=N)/C=C\NC2CC2)cc1)NC(=O)[C@@H](NC(=O)OC)C(C)(C)C(F)(F)F)C(C)(C)C(F)(F)F. The standard InChI is InChI=1S/C54H67F6N11O8/c1-51(2,53(55,56)57)44(66-49(75)77-5)46(73)65-42(23-33-10-7-32(8-11-33)9-12-35-24-63-48(64-25-35)69-27-38-19-20-39(28-69)71(38)40-30-79-31-40)43(72)29-70(68-47(74)45(67-50(76)78-6)52(3,4)54(58,59)60)26-34-13-15-36(16-14-34)41(61)21-22-62-37-17-18-37/h7-8,10-11,13-16,21-22,24-25,37-40,42-45,61-62,72H,17-20,23,26-31H2,1-6H3,(H,65,73)(H,66,75)(H,67,76)(H,68,74)/b22-21-,61-41?/t38?,39?,42-,43-,44+,45+/m0/s1. The first-order valence-electron chi connectivity index (χ1n) is 25.8. The molecule has 3 aromatic rings. The van der Waals surface area contributed by atoms with Crippen LogP contribution in [0.5, 0.6) is 0 Å². The Labute approximate surface area is 454 Å². The van der Waals surface area contributed by atoms with Crippen molar-refractivity contribution in [2.75, 3.05) is 52.0 Å². The minimum absolute atomic E-state index is 0.144. The van der Waals surface area contributed by atoms with Crippen molar-refractivity contribution >= 4 is 35.7 Å². The van der Waals surface area contributed by atoms with E-state index in [4.69, 9.17) is 10.1 Å². The molecule has 4 aliphatic rings. The smallest absolute Gasteiger partial charge is 0.407 e. The van der Waals surface area contributed by atoms with Crippen molar-refractivity contribution in [1.29, 1.82) is 5.41 Å². The first-order valence-corrected chi connectivity index (χ1v) is 25.8. The molecule has 4 amide bonds. The van der Waals surface area contributed by atoms with Crippen LogP contribution in [-0.2, 0) is 36.8 Å². The van der Waals surface area contributed by atoms with Gasteiger partial charge in [-0.1, -0.05) is 48.2 Å². The molecule has 4 heterocycles. The molecule has 428 valence electrons. The second-order valence-corrected chi connectivity index (χ2v) is 21.4. The number of allylic oxidation sites excluding steroid dienone is 1. The van der Waals surface area contributed by atoms with Crippen molar-refractivity contribution in [3.05, 3.63) is 101 Å². The molecule has 1 aromatic heterocycles. The number of hydrogen-bond donors (Lipinski definition) is 7. The first kappa shape index (κ1) is 59.6. The number of nitrogens with one attached hydrogen (secondary N) is 6. The molecule has 1 aliphatic carbocycles. The summed E-state index contributed by atoms with van der Waals surface area (Å²) < 4.78 is 102. The lowest BCUT2D eigenvalue weighted by atomic mass is 9.82. The molecule has 6 atom stereocenters. The molecule has 0 spiro atoms. The van der Waals surface area contributed by atoms with Crippen LogP contribution < -0.4 is 31.6 Å². The summed E-state index contributed by atoms with van der Waals surface area (Å²) in [4.78, 5) is 67.0. The number of fused-ring (bicyclic) bond motifs is 2. The summed E-state index contributed by atoms with van der Waals surface area (Å²) in [5, 5.41) is 31.2. The van der Waals surface area contributed by atoms with Gasteiger partial charge in [-0.3, -0.25) is 19.9 Å². The monoisotopic (exact) mass is 1110 g/mol. The number of halogens is 6. The van der Waals surface area contributed by atoms with Crippen LogP contribution in [0.3, 0.4) is 0 Å². The van der Waals surface area contributed by atoms with Crippen molar-refractivity contribution in [2.24, 2.45) is 10.8 Å².